The Kier molecular flexibility index (Phi) is 4.03. The van der Waals surface area contributed by atoms with Crippen molar-refractivity contribution in [2.75, 3.05) is 6.26 Å². The first kappa shape index (κ1) is 11.9. The van der Waals surface area contributed by atoms with E-state index in [9.17, 15) is 9.00 Å². The maximum atomic E-state index is 11.6. The molecule has 1 rings (SSSR count). The first-order valence-corrected chi connectivity index (χ1v) is 6.21. The molecule has 1 unspecified atom stereocenters. The summed E-state index contributed by atoms with van der Waals surface area (Å²) < 4.78 is 16.4. The molecule has 0 heterocycles. The predicted molar refractivity (Wildman–Crippen MR) is 59.3 cm³/mol. The van der Waals surface area contributed by atoms with Gasteiger partial charge in [-0.25, -0.2) is 4.79 Å². The van der Waals surface area contributed by atoms with Crippen molar-refractivity contribution >= 4 is 16.8 Å². The maximum Gasteiger partial charge on any atom is 0.339 e. The Morgan fingerprint density at radius 1 is 1.33 bits per heavy atom. The van der Waals surface area contributed by atoms with Crippen molar-refractivity contribution in [3.8, 4) is 0 Å². The molecule has 0 aliphatic heterocycles. The molecule has 4 heteroatoms. The molecule has 1 atom stereocenters. The van der Waals surface area contributed by atoms with Crippen LogP contribution in [0.15, 0.2) is 29.2 Å². The lowest BCUT2D eigenvalue weighted by atomic mass is 10.2. The van der Waals surface area contributed by atoms with Gasteiger partial charge in [0, 0.05) is 6.26 Å². The zero-order chi connectivity index (χ0) is 11.4. The first-order chi connectivity index (χ1) is 7.02. The number of benzene rings is 1. The lowest BCUT2D eigenvalue weighted by Crippen LogP contribution is -2.13. The van der Waals surface area contributed by atoms with Crippen LogP contribution >= 0.6 is 0 Å². The number of carbonyl (C=O) groups excluding carboxylic acids is 1. The third-order valence-corrected chi connectivity index (χ3v) is 2.73. The lowest BCUT2D eigenvalue weighted by Gasteiger charge is -2.09. The van der Waals surface area contributed by atoms with Gasteiger partial charge in [-0.2, -0.15) is 0 Å². The molecule has 0 N–H and O–H groups in total. The summed E-state index contributed by atoms with van der Waals surface area (Å²) in [5.41, 5.74) is 0.382. The van der Waals surface area contributed by atoms with E-state index in [0.29, 0.717) is 10.5 Å². The Balaban J connectivity index is 3.03. The lowest BCUT2D eigenvalue weighted by molar-refractivity contribution is 0.0373. The number of esters is 1. The highest BCUT2D eigenvalue weighted by Crippen LogP contribution is 2.14. The second-order valence-corrected chi connectivity index (χ2v) is 4.75. The quantitative estimate of drug-likeness (QED) is 0.740. The Hall–Kier alpha value is -1.16. The van der Waals surface area contributed by atoms with Crippen LogP contribution in [0.2, 0.25) is 0 Å². The van der Waals surface area contributed by atoms with Crippen LogP contribution in [-0.2, 0) is 15.5 Å². The fourth-order valence-electron chi connectivity index (χ4n) is 1.16. The van der Waals surface area contributed by atoms with Crippen LogP contribution in [0.4, 0.5) is 0 Å². The average molecular weight is 226 g/mol. The van der Waals surface area contributed by atoms with E-state index in [0.717, 1.165) is 0 Å². The van der Waals surface area contributed by atoms with E-state index in [2.05, 4.69) is 0 Å². The van der Waals surface area contributed by atoms with Crippen molar-refractivity contribution in [3.05, 3.63) is 29.8 Å². The molecule has 15 heavy (non-hydrogen) atoms. The summed E-state index contributed by atoms with van der Waals surface area (Å²) in [6.07, 6.45) is 1.37. The monoisotopic (exact) mass is 226 g/mol. The molecule has 0 spiro atoms. The largest absolute Gasteiger partial charge is 0.459 e. The molecular formula is C11H14O3S. The molecule has 1 aromatic carbocycles. The number of hydrogen-bond donors (Lipinski definition) is 0. The van der Waals surface area contributed by atoms with Crippen LogP contribution in [0.25, 0.3) is 0 Å². The van der Waals surface area contributed by atoms with Gasteiger partial charge in [0.2, 0.25) is 0 Å². The topological polar surface area (TPSA) is 43.4 Å². The van der Waals surface area contributed by atoms with Crippen molar-refractivity contribution in [1.82, 2.24) is 0 Å². The summed E-state index contributed by atoms with van der Waals surface area (Å²) in [5, 5.41) is 0. The van der Waals surface area contributed by atoms with E-state index < -0.39 is 16.8 Å². The molecule has 0 radical (unpaired) electrons. The Labute approximate surface area is 91.9 Å². The first-order valence-electron chi connectivity index (χ1n) is 4.66. The van der Waals surface area contributed by atoms with E-state index in [1.165, 1.54) is 0 Å². The smallest absolute Gasteiger partial charge is 0.339 e. The average Bonchev–Trinajstić information content (AvgIpc) is 2.16. The molecule has 0 amide bonds. The maximum absolute atomic E-state index is 11.6. The van der Waals surface area contributed by atoms with Crippen molar-refractivity contribution < 1.29 is 13.7 Å². The van der Waals surface area contributed by atoms with Crippen molar-refractivity contribution in [1.29, 1.82) is 0 Å². The molecule has 0 aliphatic rings. The van der Waals surface area contributed by atoms with Crippen LogP contribution in [0.1, 0.15) is 24.2 Å². The fourth-order valence-corrected chi connectivity index (χ4v) is 1.89. The number of carbonyl (C=O) groups is 1. The number of rotatable bonds is 3. The van der Waals surface area contributed by atoms with Crippen LogP contribution in [0, 0.1) is 0 Å². The van der Waals surface area contributed by atoms with E-state index in [4.69, 9.17) is 4.74 Å². The normalized spacial score (nSPS) is 12.5. The van der Waals surface area contributed by atoms with Gasteiger partial charge in [0.15, 0.2) is 0 Å². The van der Waals surface area contributed by atoms with Gasteiger partial charge in [0.25, 0.3) is 0 Å². The van der Waals surface area contributed by atoms with Gasteiger partial charge in [0.05, 0.1) is 27.4 Å². The highest BCUT2D eigenvalue weighted by Gasteiger charge is 2.15. The molecular weight excluding hydrogens is 212 g/mol. The molecule has 0 aromatic heterocycles. The summed E-state index contributed by atoms with van der Waals surface area (Å²) in [7, 11) is -1.18. The molecule has 82 valence electrons. The van der Waals surface area contributed by atoms with Gasteiger partial charge < -0.3 is 4.74 Å². The second-order valence-electron chi connectivity index (χ2n) is 3.40. The zero-order valence-corrected chi connectivity index (χ0v) is 9.84. The minimum Gasteiger partial charge on any atom is -0.459 e. The highest BCUT2D eigenvalue weighted by atomic mass is 32.2. The predicted octanol–water partition coefficient (Wildman–Crippen LogP) is 1.99. The molecule has 0 saturated heterocycles. The van der Waals surface area contributed by atoms with Gasteiger partial charge in [-0.05, 0) is 26.0 Å². The van der Waals surface area contributed by atoms with Crippen molar-refractivity contribution in [2.45, 2.75) is 24.8 Å². The minimum atomic E-state index is -1.18. The molecule has 0 bridgehead atoms. The Morgan fingerprint density at radius 3 is 2.47 bits per heavy atom. The molecule has 1 aromatic rings. The zero-order valence-electron chi connectivity index (χ0n) is 9.02. The van der Waals surface area contributed by atoms with Gasteiger partial charge in [-0.3, -0.25) is 4.21 Å². The minimum absolute atomic E-state index is 0.171. The van der Waals surface area contributed by atoms with Crippen LogP contribution < -0.4 is 0 Å². The third kappa shape index (κ3) is 3.16. The van der Waals surface area contributed by atoms with Gasteiger partial charge in [0.1, 0.15) is 0 Å². The molecule has 0 saturated carbocycles. The third-order valence-electron chi connectivity index (χ3n) is 1.76. The molecule has 0 aliphatic carbocycles. The molecule has 3 nitrogen and oxygen atoms in total. The summed E-state index contributed by atoms with van der Waals surface area (Å²) in [6, 6.07) is 6.78. The second kappa shape index (κ2) is 5.07. The standard InChI is InChI=1S/C11H14O3S/c1-8(2)14-11(12)9-6-4-5-7-10(9)15(3)13/h4-8H,1-3H3. The Morgan fingerprint density at radius 2 is 1.93 bits per heavy atom. The Bertz CT molecular complexity index is 385. The van der Waals surface area contributed by atoms with E-state index in [1.807, 2.05) is 0 Å². The van der Waals surface area contributed by atoms with Crippen molar-refractivity contribution in [2.24, 2.45) is 0 Å². The fraction of sp³-hybridized carbons (Fsp3) is 0.364. The molecule has 0 fully saturated rings. The van der Waals surface area contributed by atoms with E-state index in [-0.39, 0.29) is 6.10 Å². The van der Waals surface area contributed by atoms with Gasteiger partial charge in [-0.1, -0.05) is 12.1 Å². The van der Waals surface area contributed by atoms with Crippen LogP contribution in [0.5, 0.6) is 0 Å². The van der Waals surface area contributed by atoms with Gasteiger partial charge >= 0.3 is 5.97 Å². The number of hydrogen-bond acceptors (Lipinski definition) is 3. The van der Waals surface area contributed by atoms with E-state index in [1.54, 1.807) is 44.4 Å². The summed E-state index contributed by atoms with van der Waals surface area (Å²) in [4.78, 5) is 12.1. The summed E-state index contributed by atoms with van der Waals surface area (Å²) >= 11 is 0. The van der Waals surface area contributed by atoms with Crippen LogP contribution in [0.3, 0.4) is 0 Å². The SMILES string of the molecule is CC(C)OC(=O)c1ccccc1S(C)=O. The summed E-state index contributed by atoms with van der Waals surface area (Å²) in [6.45, 7) is 3.56. The summed E-state index contributed by atoms with van der Waals surface area (Å²) in [5.74, 6) is -0.421. The van der Waals surface area contributed by atoms with Gasteiger partial charge in [-0.15, -0.1) is 0 Å². The van der Waals surface area contributed by atoms with Crippen LogP contribution in [-0.4, -0.2) is 22.5 Å². The van der Waals surface area contributed by atoms with E-state index >= 15 is 0 Å². The van der Waals surface area contributed by atoms with Crippen molar-refractivity contribution in [3.63, 3.8) is 0 Å². The number of ether oxygens (including phenoxy) is 1. The highest BCUT2D eigenvalue weighted by molar-refractivity contribution is 7.84.